The van der Waals surface area contributed by atoms with Gasteiger partial charge in [-0.25, -0.2) is 0 Å². The number of fused-ring (bicyclic) bond motifs is 8. The Kier molecular flexibility index (Phi) is 15.2. The molecule has 0 aromatic heterocycles. The summed E-state index contributed by atoms with van der Waals surface area (Å²) in [6, 6.07) is 49.4. The van der Waals surface area contributed by atoms with Crippen LogP contribution in [0.3, 0.4) is 0 Å². The van der Waals surface area contributed by atoms with Crippen molar-refractivity contribution in [1.82, 2.24) is 0 Å². The monoisotopic (exact) mass is 1070 g/mol. The van der Waals surface area contributed by atoms with E-state index in [2.05, 4.69) is 106 Å². The molecule has 1 saturated carbocycles. The number of halogens is 2. The molecule has 398 valence electrons. The third-order valence-corrected chi connectivity index (χ3v) is 17.4. The molecule has 0 radical (unpaired) electrons. The second-order valence-corrected chi connectivity index (χ2v) is 22.9. The molecule has 11 rings (SSSR count). The van der Waals surface area contributed by atoms with Crippen molar-refractivity contribution in [3.05, 3.63) is 201 Å². The zero-order valence-electron chi connectivity index (χ0n) is 45.7. The SMILES string of the molecule is CCCCCC1CCC(c2ccc(-c3ccc(C(=O)Nc4ccc(-c5cc6c(cc5OC)C(C)(C)c5c7c(c8c(Cl)cc(Cl)cc8c5-6)OC(c5ccc(OC)cc5)(c5ccc(OCCCC)cc5)C=C7)cc4)cc3)cc2)CC1. The van der Waals surface area contributed by atoms with Crippen LogP contribution in [0.15, 0.2) is 152 Å². The molecular weight excluding hydrogens is 1010 g/mol. The van der Waals surface area contributed by atoms with E-state index in [1.54, 1.807) is 20.3 Å². The Balaban J connectivity index is 0.874. The van der Waals surface area contributed by atoms with E-state index in [1.165, 1.54) is 56.9 Å². The van der Waals surface area contributed by atoms with Gasteiger partial charge in [0.05, 0.1) is 25.8 Å². The predicted octanol–water partition coefficient (Wildman–Crippen LogP) is 19.4. The van der Waals surface area contributed by atoms with Crippen LogP contribution in [-0.4, -0.2) is 26.7 Å². The highest BCUT2D eigenvalue weighted by Gasteiger charge is 2.45. The number of rotatable bonds is 17. The molecule has 1 atom stereocenters. The highest BCUT2D eigenvalue weighted by atomic mass is 35.5. The van der Waals surface area contributed by atoms with Gasteiger partial charge in [0, 0.05) is 49.3 Å². The van der Waals surface area contributed by atoms with Crippen molar-refractivity contribution in [3.8, 4) is 56.4 Å². The highest BCUT2D eigenvalue weighted by Crippen LogP contribution is 2.61. The number of carbonyl (C=O) groups excluding carboxylic acids is 1. The first kappa shape index (κ1) is 53.0. The summed E-state index contributed by atoms with van der Waals surface area (Å²) >= 11 is 14.3. The molecule has 8 aromatic rings. The molecule has 0 bridgehead atoms. The van der Waals surface area contributed by atoms with Gasteiger partial charge in [-0.05, 0) is 173 Å². The van der Waals surface area contributed by atoms with Crippen LogP contribution in [0.1, 0.15) is 142 Å². The third-order valence-electron chi connectivity index (χ3n) is 16.9. The van der Waals surface area contributed by atoms with Crippen molar-refractivity contribution in [2.24, 2.45) is 5.92 Å². The first-order valence-corrected chi connectivity index (χ1v) is 28.8. The maximum Gasteiger partial charge on any atom is 0.255 e. The Morgan fingerprint density at radius 2 is 1.32 bits per heavy atom. The summed E-state index contributed by atoms with van der Waals surface area (Å²) in [5.74, 6) is 4.37. The minimum absolute atomic E-state index is 0.166. The van der Waals surface area contributed by atoms with E-state index in [1.807, 2.05) is 78.9 Å². The van der Waals surface area contributed by atoms with Gasteiger partial charge in [-0.3, -0.25) is 4.79 Å². The van der Waals surface area contributed by atoms with E-state index in [0.717, 1.165) is 108 Å². The maximum absolute atomic E-state index is 13.7. The van der Waals surface area contributed by atoms with Crippen LogP contribution < -0.4 is 24.3 Å². The number of amides is 1. The Morgan fingerprint density at radius 1 is 0.679 bits per heavy atom. The average molecular weight is 1080 g/mol. The molecule has 6 nitrogen and oxygen atoms in total. The van der Waals surface area contributed by atoms with Crippen molar-refractivity contribution >= 4 is 51.6 Å². The number of methoxy groups -OCH3 is 2. The Bertz CT molecular complexity index is 3500. The summed E-state index contributed by atoms with van der Waals surface area (Å²) < 4.78 is 25.5. The van der Waals surface area contributed by atoms with Crippen molar-refractivity contribution in [3.63, 3.8) is 0 Å². The first-order valence-electron chi connectivity index (χ1n) is 28.0. The molecule has 1 aliphatic heterocycles. The fourth-order valence-electron chi connectivity index (χ4n) is 12.6. The van der Waals surface area contributed by atoms with Gasteiger partial charge in [0.15, 0.2) is 5.60 Å². The second kappa shape index (κ2) is 22.4. The molecule has 1 unspecified atom stereocenters. The van der Waals surface area contributed by atoms with E-state index in [4.69, 9.17) is 42.1 Å². The number of unbranched alkanes of at least 4 members (excludes halogenated alkanes) is 3. The van der Waals surface area contributed by atoms with Gasteiger partial charge in [-0.1, -0.05) is 162 Å². The molecular formula is C70H69Cl2NO5. The molecule has 0 spiro atoms. The Morgan fingerprint density at radius 3 is 1.96 bits per heavy atom. The summed E-state index contributed by atoms with van der Waals surface area (Å²) in [6.07, 6.45) is 17.1. The number of benzene rings is 8. The summed E-state index contributed by atoms with van der Waals surface area (Å²) in [4.78, 5) is 13.7. The molecule has 1 N–H and O–H groups in total. The molecule has 1 amide bonds. The van der Waals surface area contributed by atoms with Gasteiger partial charge in [-0.2, -0.15) is 0 Å². The largest absolute Gasteiger partial charge is 0.497 e. The smallest absolute Gasteiger partial charge is 0.255 e. The normalized spacial score (nSPS) is 17.9. The van der Waals surface area contributed by atoms with Gasteiger partial charge in [0.25, 0.3) is 5.91 Å². The fourth-order valence-corrected chi connectivity index (χ4v) is 13.1. The lowest BCUT2D eigenvalue weighted by Gasteiger charge is -2.38. The van der Waals surface area contributed by atoms with Crippen LogP contribution in [0.25, 0.3) is 50.2 Å². The lowest BCUT2D eigenvalue weighted by Crippen LogP contribution is -2.35. The number of hydrogen-bond donors (Lipinski definition) is 1. The Hall–Kier alpha value is -6.99. The zero-order valence-corrected chi connectivity index (χ0v) is 47.3. The van der Waals surface area contributed by atoms with Gasteiger partial charge in [0.2, 0.25) is 0 Å². The summed E-state index contributed by atoms with van der Waals surface area (Å²) in [5.41, 5.74) is 12.5. The molecule has 1 heterocycles. The summed E-state index contributed by atoms with van der Waals surface area (Å²) in [5, 5.41) is 5.83. The Labute approximate surface area is 470 Å². The molecule has 1 fully saturated rings. The predicted molar refractivity (Wildman–Crippen MR) is 322 cm³/mol. The number of nitrogens with one attached hydrogen (secondary N) is 1. The van der Waals surface area contributed by atoms with Crippen molar-refractivity contribution in [2.45, 2.75) is 109 Å². The standard InChI is InChI=1S/C70H69Cl2NO5/c1-7-9-11-12-44-13-15-45(16-14-44)46-17-19-47(20-18-46)48-21-23-50(24-22-48)68(74)73-54-31-25-49(26-32-54)58-42-59-61(43-63(58)76-6)69(3,4)66-57-37-38-70(51-27-33-55(75-5)34-28-51,52-29-35-56(36-30-52)77-39-10-8-2)78-67(57)65-60(64(59)66)40-53(71)41-62(65)72/h17-38,40-45H,7-16,39H2,1-6H3,(H,73,74). The van der Waals surface area contributed by atoms with Crippen LogP contribution in [-0.2, 0) is 11.0 Å². The number of ether oxygens (including phenoxy) is 4. The van der Waals surface area contributed by atoms with Crippen LogP contribution in [0.2, 0.25) is 10.0 Å². The van der Waals surface area contributed by atoms with E-state index in [-0.39, 0.29) is 5.91 Å². The van der Waals surface area contributed by atoms with E-state index in [0.29, 0.717) is 39.6 Å². The van der Waals surface area contributed by atoms with Gasteiger partial charge < -0.3 is 24.3 Å². The lowest BCUT2D eigenvalue weighted by molar-refractivity contribution is 0.102. The molecule has 8 aromatic carbocycles. The molecule has 3 aliphatic rings. The number of anilines is 1. The highest BCUT2D eigenvalue weighted by molar-refractivity contribution is 6.40. The average Bonchev–Trinajstić information content (AvgIpc) is 3.43. The van der Waals surface area contributed by atoms with Crippen molar-refractivity contribution < 1.29 is 23.7 Å². The maximum atomic E-state index is 13.7. The van der Waals surface area contributed by atoms with Crippen molar-refractivity contribution in [1.29, 1.82) is 0 Å². The third kappa shape index (κ3) is 10.1. The zero-order chi connectivity index (χ0) is 54.1. The van der Waals surface area contributed by atoms with Crippen LogP contribution in [0.4, 0.5) is 5.69 Å². The van der Waals surface area contributed by atoms with Crippen LogP contribution in [0.5, 0.6) is 23.0 Å². The van der Waals surface area contributed by atoms with Gasteiger partial charge in [-0.15, -0.1) is 0 Å². The van der Waals surface area contributed by atoms with Gasteiger partial charge in [0.1, 0.15) is 23.0 Å². The van der Waals surface area contributed by atoms with Crippen LogP contribution in [0, 0.1) is 5.92 Å². The first-order chi connectivity index (χ1) is 37.9. The van der Waals surface area contributed by atoms with E-state index in [9.17, 15) is 4.79 Å². The van der Waals surface area contributed by atoms with E-state index >= 15 is 0 Å². The lowest BCUT2D eigenvalue weighted by atomic mass is 9.76. The van der Waals surface area contributed by atoms with Gasteiger partial charge >= 0.3 is 0 Å². The molecule has 8 heteroatoms. The number of hydrogen-bond acceptors (Lipinski definition) is 5. The van der Waals surface area contributed by atoms with E-state index < -0.39 is 11.0 Å². The minimum Gasteiger partial charge on any atom is -0.497 e. The topological polar surface area (TPSA) is 66.0 Å². The second-order valence-electron chi connectivity index (χ2n) is 22.1. The molecule has 2 aliphatic carbocycles. The van der Waals surface area contributed by atoms with Crippen LogP contribution >= 0.6 is 23.2 Å². The van der Waals surface area contributed by atoms with Crippen molar-refractivity contribution in [2.75, 3.05) is 26.1 Å². The number of carbonyl (C=O) groups is 1. The summed E-state index contributed by atoms with van der Waals surface area (Å²) in [6.45, 7) is 9.62. The molecule has 0 saturated heterocycles. The minimum atomic E-state index is -1.03. The molecule has 78 heavy (non-hydrogen) atoms. The quantitative estimate of drug-likeness (QED) is 0.0921. The fraction of sp³-hybridized carbons (Fsp3) is 0.300. The summed E-state index contributed by atoms with van der Waals surface area (Å²) in [7, 11) is 3.39.